The Morgan fingerprint density at radius 3 is 2.77 bits per heavy atom. The molecule has 2 aromatic rings. The van der Waals surface area contributed by atoms with Crippen molar-refractivity contribution in [1.82, 2.24) is 19.6 Å². The van der Waals surface area contributed by atoms with Gasteiger partial charge in [0.2, 0.25) is 0 Å². The van der Waals surface area contributed by atoms with Crippen molar-refractivity contribution in [1.29, 1.82) is 0 Å². The van der Waals surface area contributed by atoms with E-state index in [1.165, 1.54) is 12.8 Å². The average Bonchev–Trinajstić information content (AvgIpc) is 3.10. The summed E-state index contributed by atoms with van der Waals surface area (Å²) < 4.78 is 7.82. The normalized spacial score (nSPS) is 23.5. The van der Waals surface area contributed by atoms with Crippen LogP contribution in [0.3, 0.4) is 0 Å². The van der Waals surface area contributed by atoms with Crippen molar-refractivity contribution in [3.63, 3.8) is 0 Å². The molecule has 1 amide bonds. The first kappa shape index (κ1) is 20.9. The number of benzene rings is 1. The van der Waals surface area contributed by atoms with Crippen LogP contribution < -0.4 is 0 Å². The van der Waals surface area contributed by atoms with Crippen molar-refractivity contribution in [2.45, 2.75) is 58.6 Å². The fourth-order valence-corrected chi connectivity index (χ4v) is 4.42. The summed E-state index contributed by atoms with van der Waals surface area (Å²) in [6, 6.07) is 6.73. The Morgan fingerprint density at radius 2 is 2.03 bits per heavy atom. The molecule has 162 valence electrons. The van der Waals surface area contributed by atoms with Crippen molar-refractivity contribution in [3.8, 4) is 0 Å². The number of hydrogen-bond acceptors (Lipinski definition) is 4. The van der Waals surface area contributed by atoms with Crippen LogP contribution in [0, 0.1) is 5.92 Å². The quantitative estimate of drug-likeness (QED) is 0.705. The Bertz CT molecular complexity index is 956. The van der Waals surface area contributed by atoms with Gasteiger partial charge in [-0.2, -0.15) is 5.10 Å². The first-order chi connectivity index (χ1) is 14.2. The smallest absolute Gasteiger partial charge is 0.414 e. The molecule has 4 rings (SSSR count). The predicted octanol–water partition coefficient (Wildman–Crippen LogP) is 4.92. The van der Waals surface area contributed by atoms with Crippen LogP contribution in [0.25, 0.3) is 16.6 Å². The second kappa shape index (κ2) is 8.06. The van der Waals surface area contributed by atoms with Crippen molar-refractivity contribution in [2.75, 3.05) is 26.7 Å². The van der Waals surface area contributed by atoms with E-state index in [0.29, 0.717) is 18.5 Å². The molecule has 0 saturated carbocycles. The van der Waals surface area contributed by atoms with Gasteiger partial charge < -0.3 is 9.64 Å². The molecule has 2 aliphatic rings. The van der Waals surface area contributed by atoms with Crippen molar-refractivity contribution in [2.24, 2.45) is 5.92 Å². The number of likely N-dealkylation sites (tertiary alicyclic amines) is 1. The molecular formula is C24H34N4O2. The van der Waals surface area contributed by atoms with Gasteiger partial charge in [-0.15, -0.1) is 0 Å². The molecule has 1 fully saturated rings. The van der Waals surface area contributed by atoms with E-state index in [1.807, 2.05) is 20.8 Å². The van der Waals surface area contributed by atoms with Gasteiger partial charge in [-0.05, 0) is 77.2 Å². The lowest BCUT2D eigenvalue weighted by atomic mass is 9.98. The molecule has 3 heterocycles. The van der Waals surface area contributed by atoms with Crippen LogP contribution in [-0.4, -0.2) is 58.0 Å². The Kier molecular flexibility index (Phi) is 5.62. The molecule has 6 nitrogen and oxygen atoms in total. The summed E-state index contributed by atoms with van der Waals surface area (Å²) in [6.07, 6.45) is 7.38. The number of amides is 1. The first-order valence-electron chi connectivity index (χ1n) is 11.1. The number of rotatable bonds is 2. The summed E-state index contributed by atoms with van der Waals surface area (Å²) in [5.41, 5.74) is 2.47. The van der Waals surface area contributed by atoms with Gasteiger partial charge in [0, 0.05) is 24.7 Å². The van der Waals surface area contributed by atoms with Gasteiger partial charge in [-0.1, -0.05) is 19.1 Å². The molecule has 1 saturated heterocycles. The van der Waals surface area contributed by atoms with Gasteiger partial charge in [0.1, 0.15) is 5.60 Å². The molecule has 1 aromatic carbocycles. The van der Waals surface area contributed by atoms with Gasteiger partial charge in [0.25, 0.3) is 0 Å². The fraction of sp³-hybridized carbons (Fsp3) is 0.583. The Hall–Kier alpha value is -2.34. The third-order valence-electron chi connectivity index (χ3n) is 5.90. The van der Waals surface area contributed by atoms with E-state index < -0.39 is 5.60 Å². The molecule has 2 atom stereocenters. The molecular weight excluding hydrogens is 376 g/mol. The van der Waals surface area contributed by atoms with Crippen LogP contribution in [0.15, 0.2) is 30.5 Å². The Balaban J connectivity index is 1.63. The zero-order chi connectivity index (χ0) is 21.5. The Labute approximate surface area is 179 Å². The van der Waals surface area contributed by atoms with Gasteiger partial charge in [-0.3, -0.25) is 9.58 Å². The van der Waals surface area contributed by atoms with Gasteiger partial charge in [0.05, 0.1) is 17.3 Å². The summed E-state index contributed by atoms with van der Waals surface area (Å²) in [5.74, 6) is 0.413. The van der Waals surface area contributed by atoms with Gasteiger partial charge >= 0.3 is 6.09 Å². The second-order valence-electron chi connectivity index (χ2n) is 9.96. The lowest BCUT2D eigenvalue weighted by molar-refractivity contribution is 0.0327. The molecule has 0 radical (unpaired) electrons. The van der Waals surface area contributed by atoms with Gasteiger partial charge in [-0.25, -0.2) is 4.79 Å². The number of fused-ring (bicyclic) bond motifs is 1. The number of allylic oxidation sites excluding steroid dienone is 1. The SMILES string of the molecule is CC1CC=C(c2ccc3nn(C4CCCN(C)C4)cc3c2)N(C(=O)OC(C)(C)C)C1. The highest BCUT2D eigenvalue weighted by atomic mass is 16.6. The maximum absolute atomic E-state index is 12.9. The lowest BCUT2D eigenvalue weighted by Crippen LogP contribution is -2.39. The maximum atomic E-state index is 12.9. The van der Waals surface area contributed by atoms with Crippen molar-refractivity contribution in [3.05, 3.63) is 36.0 Å². The average molecular weight is 411 g/mol. The third-order valence-corrected chi connectivity index (χ3v) is 5.90. The lowest BCUT2D eigenvalue weighted by Gasteiger charge is -2.33. The number of carbonyl (C=O) groups excluding carboxylic acids is 1. The van der Waals surface area contributed by atoms with Crippen LogP contribution in [0.4, 0.5) is 4.79 Å². The molecule has 2 unspecified atom stereocenters. The topological polar surface area (TPSA) is 50.6 Å². The number of piperidine rings is 1. The highest BCUT2D eigenvalue weighted by Crippen LogP contribution is 2.31. The van der Waals surface area contributed by atoms with Crippen molar-refractivity contribution < 1.29 is 9.53 Å². The molecule has 0 spiro atoms. The number of hydrogen-bond donors (Lipinski definition) is 0. The maximum Gasteiger partial charge on any atom is 0.414 e. The van der Waals surface area contributed by atoms with E-state index in [0.717, 1.165) is 41.7 Å². The van der Waals surface area contributed by atoms with E-state index >= 15 is 0 Å². The van der Waals surface area contributed by atoms with E-state index in [2.05, 4.69) is 54.0 Å². The largest absolute Gasteiger partial charge is 0.443 e. The van der Waals surface area contributed by atoms with Crippen LogP contribution in [-0.2, 0) is 4.74 Å². The highest BCUT2D eigenvalue weighted by molar-refractivity contribution is 5.87. The summed E-state index contributed by atoms with van der Waals surface area (Å²) >= 11 is 0. The summed E-state index contributed by atoms with van der Waals surface area (Å²) in [5, 5.41) is 5.95. The predicted molar refractivity (Wildman–Crippen MR) is 120 cm³/mol. The molecule has 0 N–H and O–H groups in total. The van der Waals surface area contributed by atoms with Crippen LogP contribution in [0.2, 0.25) is 0 Å². The summed E-state index contributed by atoms with van der Waals surface area (Å²) in [4.78, 5) is 17.1. The Morgan fingerprint density at radius 1 is 1.23 bits per heavy atom. The van der Waals surface area contributed by atoms with E-state index in [1.54, 1.807) is 4.90 Å². The highest BCUT2D eigenvalue weighted by Gasteiger charge is 2.29. The summed E-state index contributed by atoms with van der Waals surface area (Å²) in [6.45, 7) is 10.8. The molecule has 0 bridgehead atoms. The molecule has 2 aliphatic heterocycles. The fourth-order valence-electron chi connectivity index (χ4n) is 4.42. The first-order valence-corrected chi connectivity index (χ1v) is 11.1. The van der Waals surface area contributed by atoms with Crippen LogP contribution in [0.1, 0.15) is 58.6 Å². The minimum Gasteiger partial charge on any atom is -0.443 e. The minimum absolute atomic E-state index is 0.277. The zero-order valence-corrected chi connectivity index (χ0v) is 18.9. The van der Waals surface area contributed by atoms with E-state index in [9.17, 15) is 4.79 Å². The molecule has 6 heteroatoms. The minimum atomic E-state index is -0.513. The molecule has 0 aliphatic carbocycles. The van der Waals surface area contributed by atoms with E-state index in [4.69, 9.17) is 9.84 Å². The number of aromatic nitrogens is 2. The van der Waals surface area contributed by atoms with Crippen molar-refractivity contribution >= 4 is 22.7 Å². The number of likely N-dealkylation sites (N-methyl/N-ethyl adjacent to an activating group) is 1. The van der Waals surface area contributed by atoms with Crippen LogP contribution in [0.5, 0.6) is 0 Å². The standard InChI is InChI=1S/C24H34N4O2/c1-17-8-11-22(27(14-17)23(29)30-24(2,3)4)18-9-10-21-19(13-18)15-28(25-21)20-7-6-12-26(5)16-20/h9-11,13,15,17,20H,6-8,12,14,16H2,1-5H3. The molecule has 1 aromatic heterocycles. The van der Waals surface area contributed by atoms with Gasteiger partial charge in [0.15, 0.2) is 0 Å². The van der Waals surface area contributed by atoms with Crippen LogP contribution >= 0.6 is 0 Å². The number of ether oxygens (including phenoxy) is 1. The molecule has 30 heavy (non-hydrogen) atoms. The zero-order valence-electron chi connectivity index (χ0n) is 18.9. The summed E-state index contributed by atoms with van der Waals surface area (Å²) in [7, 11) is 2.18. The number of nitrogens with zero attached hydrogens (tertiary/aromatic N) is 4. The number of carbonyl (C=O) groups is 1. The third kappa shape index (κ3) is 4.53. The second-order valence-corrected chi connectivity index (χ2v) is 9.96. The monoisotopic (exact) mass is 410 g/mol. The van der Waals surface area contributed by atoms with E-state index in [-0.39, 0.29) is 6.09 Å².